The van der Waals surface area contributed by atoms with Gasteiger partial charge in [-0.25, -0.2) is 8.78 Å². The van der Waals surface area contributed by atoms with Crippen molar-refractivity contribution in [1.82, 2.24) is 4.90 Å². The van der Waals surface area contributed by atoms with Crippen molar-refractivity contribution in [3.63, 3.8) is 0 Å². The minimum Gasteiger partial charge on any atom is -0.375 e. The van der Waals surface area contributed by atoms with E-state index in [2.05, 4.69) is 4.99 Å². The molecular weight excluding hydrogens is 252 g/mol. The first-order chi connectivity index (χ1) is 8.96. The van der Waals surface area contributed by atoms with Gasteiger partial charge >= 0.3 is 0 Å². The van der Waals surface area contributed by atoms with E-state index in [-0.39, 0.29) is 24.9 Å². The summed E-state index contributed by atoms with van der Waals surface area (Å²) in [6.07, 6.45) is 1.23. The summed E-state index contributed by atoms with van der Waals surface area (Å²) in [5, 5.41) is 0. The minimum atomic E-state index is -2.47. The van der Waals surface area contributed by atoms with Crippen LogP contribution >= 0.6 is 0 Å². The van der Waals surface area contributed by atoms with Crippen molar-refractivity contribution in [2.24, 2.45) is 16.6 Å². The van der Waals surface area contributed by atoms with Crippen LogP contribution in [0.4, 0.5) is 8.78 Å². The zero-order valence-electron chi connectivity index (χ0n) is 11.4. The number of halogens is 2. The van der Waals surface area contributed by atoms with Crippen LogP contribution in [0, 0.1) is 5.92 Å². The molecule has 2 N–H and O–H groups in total. The van der Waals surface area contributed by atoms with Crippen LogP contribution in [0.2, 0.25) is 0 Å². The van der Waals surface area contributed by atoms with Gasteiger partial charge in [-0.1, -0.05) is 0 Å². The smallest absolute Gasteiger partial charge is 0.248 e. The number of alkyl halides is 2. The van der Waals surface area contributed by atoms with Crippen molar-refractivity contribution in [3.05, 3.63) is 0 Å². The molecule has 0 aromatic carbocycles. The quantitative estimate of drug-likeness (QED) is 0.618. The van der Waals surface area contributed by atoms with Crippen molar-refractivity contribution < 1.29 is 13.5 Å². The number of ether oxygens (including phenoxy) is 1. The van der Waals surface area contributed by atoms with Gasteiger partial charge in [0.25, 0.3) is 0 Å². The summed E-state index contributed by atoms with van der Waals surface area (Å²) in [4.78, 5) is 6.38. The molecular formula is C13H23F2N3O. The van der Waals surface area contributed by atoms with Gasteiger partial charge in [0.1, 0.15) is 0 Å². The number of nitrogens with zero attached hydrogens (tertiary/aromatic N) is 2. The average molecular weight is 275 g/mol. The molecule has 6 heteroatoms. The highest BCUT2D eigenvalue weighted by atomic mass is 19.3. The number of nitrogens with two attached hydrogens (primary N) is 1. The van der Waals surface area contributed by atoms with E-state index in [0.717, 1.165) is 13.1 Å². The lowest BCUT2D eigenvalue weighted by molar-refractivity contribution is -0.0447. The first-order valence-corrected chi connectivity index (χ1v) is 7.00. The fraction of sp³-hybridized carbons (Fsp3) is 0.923. The fourth-order valence-electron chi connectivity index (χ4n) is 2.63. The minimum absolute atomic E-state index is 0.0122. The monoisotopic (exact) mass is 275 g/mol. The van der Waals surface area contributed by atoms with E-state index in [9.17, 15) is 8.78 Å². The Bertz CT molecular complexity index is 326. The second-order valence-electron chi connectivity index (χ2n) is 5.63. The van der Waals surface area contributed by atoms with Gasteiger partial charge in [-0.05, 0) is 25.7 Å². The average Bonchev–Trinajstić information content (AvgIpc) is 2.37. The third-order valence-corrected chi connectivity index (χ3v) is 3.91. The lowest BCUT2D eigenvalue weighted by Crippen LogP contribution is -2.48. The van der Waals surface area contributed by atoms with E-state index >= 15 is 0 Å². The van der Waals surface area contributed by atoms with Crippen molar-refractivity contribution >= 4 is 5.96 Å². The lowest BCUT2D eigenvalue weighted by Gasteiger charge is -2.32. The van der Waals surface area contributed by atoms with Gasteiger partial charge in [0.05, 0.1) is 12.7 Å². The number of morpholine rings is 1. The normalized spacial score (nSPS) is 29.5. The van der Waals surface area contributed by atoms with Crippen LogP contribution in [0.25, 0.3) is 0 Å². The lowest BCUT2D eigenvalue weighted by atomic mass is 9.87. The van der Waals surface area contributed by atoms with Crippen LogP contribution in [-0.4, -0.2) is 49.1 Å². The summed E-state index contributed by atoms with van der Waals surface area (Å²) in [6, 6.07) is 0. The molecule has 0 amide bonds. The van der Waals surface area contributed by atoms with Crippen LogP contribution in [0.5, 0.6) is 0 Å². The van der Waals surface area contributed by atoms with Crippen LogP contribution in [-0.2, 0) is 4.74 Å². The van der Waals surface area contributed by atoms with E-state index in [1.54, 1.807) is 0 Å². The highest BCUT2D eigenvalue weighted by Crippen LogP contribution is 2.36. The first kappa shape index (κ1) is 14.5. The number of rotatable bonds is 2. The Kier molecular flexibility index (Phi) is 4.60. The van der Waals surface area contributed by atoms with Gasteiger partial charge in [0.15, 0.2) is 5.96 Å². The van der Waals surface area contributed by atoms with Crippen molar-refractivity contribution in [1.29, 1.82) is 0 Å². The Morgan fingerprint density at radius 1 is 1.42 bits per heavy atom. The van der Waals surface area contributed by atoms with Gasteiger partial charge in [0.2, 0.25) is 5.92 Å². The Morgan fingerprint density at radius 3 is 2.74 bits per heavy atom. The third kappa shape index (κ3) is 4.30. The standard InChI is InChI=1S/C13H23F2N3O/c1-10-9-18(6-7-19-10)12(16)17-8-11-2-4-13(14,15)5-3-11/h10-11H,2-9H2,1H3,(H2,16,17). The molecule has 0 radical (unpaired) electrons. The summed E-state index contributed by atoms with van der Waals surface area (Å²) in [5.41, 5.74) is 5.95. The van der Waals surface area contributed by atoms with E-state index in [1.165, 1.54) is 0 Å². The molecule has 0 bridgehead atoms. The van der Waals surface area contributed by atoms with Crippen molar-refractivity contribution in [2.45, 2.75) is 44.6 Å². The van der Waals surface area contributed by atoms with Gasteiger partial charge in [-0.15, -0.1) is 0 Å². The van der Waals surface area contributed by atoms with Crippen LogP contribution in [0.3, 0.4) is 0 Å². The Balaban J connectivity index is 1.78. The number of aliphatic imine (C=N–C) groups is 1. The maximum atomic E-state index is 13.0. The Morgan fingerprint density at radius 2 is 2.11 bits per heavy atom. The molecule has 2 rings (SSSR count). The first-order valence-electron chi connectivity index (χ1n) is 7.00. The van der Waals surface area contributed by atoms with Gasteiger partial charge in [-0.2, -0.15) is 0 Å². The van der Waals surface area contributed by atoms with Gasteiger partial charge in [-0.3, -0.25) is 4.99 Å². The highest BCUT2D eigenvalue weighted by molar-refractivity contribution is 5.78. The summed E-state index contributed by atoms with van der Waals surface area (Å²) in [6.45, 7) is 4.73. The molecule has 1 aliphatic carbocycles. The molecule has 1 heterocycles. The molecule has 0 aromatic heterocycles. The van der Waals surface area contributed by atoms with E-state index in [1.807, 2.05) is 11.8 Å². The van der Waals surface area contributed by atoms with Gasteiger partial charge in [0, 0.05) is 32.5 Å². The Labute approximate surface area is 113 Å². The molecule has 2 aliphatic rings. The van der Waals surface area contributed by atoms with Crippen LogP contribution in [0.1, 0.15) is 32.6 Å². The fourth-order valence-corrected chi connectivity index (χ4v) is 2.63. The molecule has 0 spiro atoms. The summed E-state index contributed by atoms with van der Waals surface area (Å²) in [5.74, 6) is -1.70. The second-order valence-corrected chi connectivity index (χ2v) is 5.63. The van der Waals surface area contributed by atoms with E-state index < -0.39 is 5.92 Å². The molecule has 1 aliphatic heterocycles. The maximum absolute atomic E-state index is 13.0. The van der Waals surface area contributed by atoms with Gasteiger partial charge < -0.3 is 15.4 Å². The van der Waals surface area contributed by atoms with Crippen molar-refractivity contribution in [3.8, 4) is 0 Å². The molecule has 1 atom stereocenters. The second kappa shape index (κ2) is 6.03. The van der Waals surface area contributed by atoms with Crippen LogP contribution < -0.4 is 5.73 Å². The van der Waals surface area contributed by atoms with Crippen molar-refractivity contribution in [2.75, 3.05) is 26.2 Å². The molecule has 19 heavy (non-hydrogen) atoms. The molecule has 1 saturated heterocycles. The topological polar surface area (TPSA) is 50.8 Å². The number of guanidine groups is 1. The van der Waals surface area contributed by atoms with E-state index in [0.29, 0.717) is 32.0 Å². The SMILES string of the molecule is CC1CN(C(N)=NCC2CCC(F)(F)CC2)CCO1. The highest BCUT2D eigenvalue weighted by Gasteiger charge is 2.34. The summed E-state index contributed by atoms with van der Waals surface area (Å²) in [7, 11) is 0. The zero-order chi connectivity index (χ0) is 13.9. The molecule has 1 unspecified atom stereocenters. The number of hydrogen-bond donors (Lipinski definition) is 1. The van der Waals surface area contributed by atoms with E-state index in [4.69, 9.17) is 10.5 Å². The third-order valence-electron chi connectivity index (χ3n) is 3.91. The predicted octanol–water partition coefficient (Wildman–Crippen LogP) is 1.85. The Hall–Kier alpha value is -0.910. The molecule has 2 fully saturated rings. The maximum Gasteiger partial charge on any atom is 0.248 e. The molecule has 1 saturated carbocycles. The molecule has 110 valence electrons. The zero-order valence-corrected chi connectivity index (χ0v) is 11.4. The summed E-state index contributed by atoms with van der Waals surface area (Å²) < 4.78 is 31.5. The summed E-state index contributed by atoms with van der Waals surface area (Å²) >= 11 is 0. The molecule has 4 nitrogen and oxygen atoms in total. The van der Waals surface area contributed by atoms with Crippen LogP contribution in [0.15, 0.2) is 4.99 Å². The predicted molar refractivity (Wildman–Crippen MR) is 70.4 cm³/mol. The number of hydrogen-bond acceptors (Lipinski definition) is 2. The molecule has 0 aromatic rings. The largest absolute Gasteiger partial charge is 0.375 e.